The lowest BCUT2D eigenvalue weighted by Gasteiger charge is -2.28. The molecule has 0 radical (unpaired) electrons. The number of anilines is 1. The average molecular weight is 409 g/mol. The van der Waals surface area contributed by atoms with Gasteiger partial charge in [0.2, 0.25) is 5.91 Å². The Morgan fingerprint density at radius 3 is 2.67 bits per heavy atom. The predicted molar refractivity (Wildman–Crippen MR) is 108 cm³/mol. The standard InChI is InChI=1S/C21H19N3O6/c1-3-30-20(27)13-6-4-7-14(10-13)22-12-17-18(25)23-21(28)24(19(17)26)15-8-5-9-16(11-15)29-2/h4-12,17H,3H2,1-2H3,(H,23,25,28)/t17-/m0/s1. The van der Waals surface area contributed by atoms with Gasteiger partial charge in [0.1, 0.15) is 5.75 Å². The average Bonchev–Trinajstić information content (AvgIpc) is 2.74. The second kappa shape index (κ2) is 8.99. The number of nitrogens with zero attached hydrogens (tertiary/aromatic N) is 2. The number of imide groups is 2. The largest absolute Gasteiger partial charge is 0.497 e. The molecule has 1 aliphatic rings. The summed E-state index contributed by atoms with van der Waals surface area (Å²) in [4.78, 5) is 54.2. The van der Waals surface area contributed by atoms with Gasteiger partial charge >= 0.3 is 12.0 Å². The Morgan fingerprint density at radius 2 is 1.93 bits per heavy atom. The monoisotopic (exact) mass is 409 g/mol. The van der Waals surface area contributed by atoms with Gasteiger partial charge in [-0.05, 0) is 37.3 Å². The third-order valence-corrected chi connectivity index (χ3v) is 4.24. The highest BCUT2D eigenvalue weighted by Gasteiger charge is 2.40. The van der Waals surface area contributed by atoms with Gasteiger partial charge < -0.3 is 9.47 Å². The van der Waals surface area contributed by atoms with E-state index in [0.29, 0.717) is 17.0 Å². The van der Waals surface area contributed by atoms with Crippen LogP contribution in [0.5, 0.6) is 5.75 Å². The second-order valence-electron chi connectivity index (χ2n) is 6.20. The maximum atomic E-state index is 12.9. The maximum absolute atomic E-state index is 12.9. The molecule has 0 unspecified atom stereocenters. The van der Waals surface area contributed by atoms with Crippen molar-refractivity contribution in [3.63, 3.8) is 0 Å². The SMILES string of the molecule is CCOC(=O)c1cccc(N=C[C@H]2C(=O)NC(=O)N(c3cccc(OC)c3)C2=O)c1. The number of hydrogen-bond acceptors (Lipinski definition) is 7. The lowest BCUT2D eigenvalue weighted by Crippen LogP contribution is -2.58. The Morgan fingerprint density at radius 1 is 1.17 bits per heavy atom. The quantitative estimate of drug-likeness (QED) is 0.445. The van der Waals surface area contributed by atoms with E-state index in [1.165, 1.54) is 19.2 Å². The van der Waals surface area contributed by atoms with Crippen molar-refractivity contribution in [1.29, 1.82) is 0 Å². The first kappa shape index (κ1) is 20.7. The molecule has 1 atom stereocenters. The Balaban J connectivity index is 1.85. The molecule has 30 heavy (non-hydrogen) atoms. The summed E-state index contributed by atoms with van der Waals surface area (Å²) < 4.78 is 10.1. The van der Waals surface area contributed by atoms with Crippen molar-refractivity contribution < 1.29 is 28.7 Å². The number of nitrogens with one attached hydrogen (secondary N) is 1. The van der Waals surface area contributed by atoms with Gasteiger partial charge in [-0.3, -0.25) is 19.9 Å². The highest BCUT2D eigenvalue weighted by molar-refractivity contribution is 6.32. The summed E-state index contributed by atoms with van der Waals surface area (Å²) >= 11 is 0. The van der Waals surface area contributed by atoms with E-state index in [9.17, 15) is 19.2 Å². The molecular formula is C21H19N3O6. The number of carbonyl (C=O) groups is 4. The minimum Gasteiger partial charge on any atom is -0.497 e. The van der Waals surface area contributed by atoms with Gasteiger partial charge in [-0.25, -0.2) is 14.5 Å². The lowest BCUT2D eigenvalue weighted by molar-refractivity contribution is -0.131. The molecule has 9 heteroatoms. The molecular weight excluding hydrogens is 390 g/mol. The Labute approximate surface area is 172 Å². The summed E-state index contributed by atoms with van der Waals surface area (Å²) in [6.45, 7) is 1.93. The van der Waals surface area contributed by atoms with Crippen molar-refractivity contribution in [2.24, 2.45) is 10.9 Å². The Hall–Kier alpha value is -4.01. The molecule has 0 saturated carbocycles. The number of carbonyl (C=O) groups excluding carboxylic acids is 4. The molecule has 1 N–H and O–H groups in total. The number of ether oxygens (including phenoxy) is 2. The zero-order valence-corrected chi connectivity index (χ0v) is 16.3. The van der Waals surface area contributed by atoms with E-state index in [1.807, 2.05) is 0 Å². The van der Waals surface area contributed by atoms with Crippen molar-refractivity contribution in [3.05, 3.63) is 54.1 Å². The summed E-state index contributed by atoms with van der Waals surface area (Å²) in [6, 6.07) is 11.7. The van der Waals surface area contributed by atoms with Crippen LogP contribution in [0.4, 0.5) is 16.2 Å². The number of barbiturate groups is 1. The van der Waals surface area contributed by atoms with Gasteiger partial charge in [0.15, 0.2) is 5.92 Å². The predicted octanol–water partition coefficient (Wildman–Crippen LogP) is 2.47. The Kier molecular flexibility index (Phi) is 6.21. The normalized spacial score (nSPS) is 16.5. The van der Waals surface area contributed by atoms with Crippen molar-refractivity contribution in [3.8, 4) is 5.75 Å². The minimum atomic E-state index is -1.32. The van der Waals surface area contributed by atoms with Crippen LogP contribution in [0.2, 0.25) is 0 Å². The maximum Gasteiger partial charge on any atom is 0.338 e. The molecule has 2 aromatic carbocycles. The van der Waals surface area contributed by atoms with Gasteiger partial charge in [-0.1, -0.05) is 12.1 Å². The number of urea groups is 1. The fourth-order valence-corrected chi connectivity index (χ4v) is 2.80. The summed E-state index contributed by atoms with van der Waals surface area (Å²) in [5.41, 5.74) is 0.900. The van der Waals surface area contributed by atoms with E-state index in [-0.39, 0.29) is 12.3 Å². The highest BCUT2D eigenvalue weighted by Crippen LogP contribution is 2.25. The van der Waals surface area contributed by atoms with Crippen LogP contribution in [-0.4, -0.2) is 43.7 Å². The molecule has 2 aromatic rings. The topological polar surface area (TPSA) is 114 Å². The summed E-state index contributed by atoms with van der Waals surface area (Å²) in [5.74, 6) is -2.90. The lowest BCUT2D eigenvalue weighted by atomic mass is 10.1. The van der Waals surface area contributed by atoms with Crippen LogP contribution in [0.25, 0.3) is 0 Å². The van der Waals surface area contributed by atoms with E-state index in [0.717, 1.165) is 11.1 Å². The van der Waals surface area contributed by atoms with E-state index in [1.54, 1.807) is 43.3 Å². The number of hydrogen-bond donors (Lipinski definition) is 1. The summed E-state index contributed by atoms with van der Waals surface area (Å²) in [6.07, 6.45) is 1.14. The molecule has 0 aromatic heterocycles. The molecule has 1 heterocycles. The van der Waals surface area contributed by atoms with E-state index >= 15 is 0 Å². The Bertz CT molecular complexity index is 1030. The van der Waals surface area contributed by atoms with Crippen LogP contribution in [0.3, 0.4) is 0 Å². The first-order valence-corrected chi connectivity index (χ1v) is 9.08. The van der Waals surface area contributed by atoms with Crippen LogP contribution >= 0.6 is 0 Å². The zero-order chi connectivity index (χ0) is 21.7. The number of benzene rings is 2. The molecule has 1 saturated heterocycles. The van der Waals surface area contributed by atoms with Crippen molar-refractivity contribution in [2.45, 2.75) is 6.92 Å². The van der Waals surface area contributed by atoms with Crippen LogP contribution in [-0.2, 0) is 14.3 Å². The third-order valence-electron chi connectivity index (χ3n) is 4.24. The van der Waals surface area contributed by atoms with Gasteiger partial charge in [-0.15, -0.1) is 0 Å². The smallest absolute Gasteiger partial charge is 0.338 e. The fraction of sp³-hybridized carbons (Fsp3) is 0.190. The van der Waals surface area contributed by atoms with Gasteiger partial charge in [0, 0.05) is 12.3 Å². The minimum absolute atomic E-state index is 0.233. The fourth-order valence-electron chi connectivity index (χ4n) is 2.80. The zero-order valence-electron chi connectivity index (χ0n) is 16.3. The van der Waals surface area contributed by atoms with Crippen LogP contribution in [0.15, 0.2) is 53.5 Å². The van der Waals surface area contributed by atoms with Crippen molar-refractivity contribution in [1.82, 2.24) is 5.32 Å². The van der Waals surface area contributed by atoms with Crippen LogP contribution < -0.4 is 15.0 Å². The van der Waals surface area contributed by atoms with Crippen LogP contribution in [0, 0.1) is 5.92 Å². The molecule has 3 rings (SSSR count). The number of esters is 1. The molecule has 4 amide bonds. The molecule has 1 fully saturated rings. The number of methoxy groups -OCH3 is 1. The van der Waals surface area contributed by atoms with Gasteiger partial charge in [-0.2, -0.15) is 0 Å². The summed E-state index contributed by atoms with van der Waals surface area (Å²) in [5, 5.41) is 2.15. The van der Waals surface area contributed by atoms with E-state index < -0.39 is 29.7 Å². The van der Waals surface area contributed by atoms with Crippen molar-refractivity contribution in [2.75, 3.05) is 18.6 Å². The molecule has 1 aliphatic heterocycles. The highest BCUT2D eigenvalue weighted by atomic mass is 16.5. The number of rotatable bonds is 6. The van der Waals surface area contributed by atoms with Crippen LogP contribution in [0.1, 0.15) is 17.3 Å². The van der Waals surface area contributed by atoms with E-state index in [4.69, 9.17) is 9.47 Å². The van der Waals surface area contributed by atoms with E-state index in [2.05, 4.69) is 10.3 Å². The van der Waals surface area contributed by atoms with Gasteiger partial charge in [0.05, 0.1) is 30.7 Å². The number of aliphatic imine (C=N–C) groups is 1. The van der Waals surface area contributed by atoms with Crippen molar-refractivity contribution >= 4 is 41.4 Å². The molecule has 9 nitrogen and oxygen atoms in total. The molecule has 154 valence electrons. The number of amides is 4. The second-order valence-corrected chi connectivity index (χ2v) is 6.20. The molecule has 0 spiro atoms. The molecule has 0 aliphatic carbocycles. The molecule has 0 bridgehead atoms. The first-order chi connectivity index (χ1) is 14.4. The summed E-state index contributed by atoms with van der Waals surface area (Å²) in [7, 11) is 1.46. The third kappa shape index (κ3) is 4.35. The van der Waals surface area contributed by atoms with Gasteiger partial charge in [0.25, 0.3) is 5.91 Å². The first-order valence-electron chi connectivity index (χ1n) is 9.08.